The Kier molecular flexibility index (Phi) is 5.15. The molecule has 0 saturated carbocycles. The third kappa shape index (κ3) is 3.52. The van der Waals surface area contributed by atoms with E-state index >= 15 is 0 Å². The Bertz CT molecular complexity index is 600. The van der Waals surface area contributed by atoms with E-state index in [1.54, 1.807) is 6.20 Å². The molecule has 1 aliphatic heterocycles. The van der Waals surface area contributed by atoms with Gasteiger partial charge in [0.1, 0.15) is 0 Å². The van der Waals surface area contributed by atoms with Crippen LogP contribution in [0.3, 0.4) is 0 Å². The summed E-state index contributed by atoms with van der Waals surface area (Å²) in [7, 11) is 0. The van der Waals surface area contributed by atoms with Gasteiger partial charge in [0.05, 0.1) is 17.8 Å². The van der Waals surface area contributed by atoms with Crippen molar-refractivity contribution in [2.75, 3.05) is 13.1 Å². The van der Waals surface area contributed by atoms with Gasteiger partial charge in [-0.3, -0.25) is 9.48 Å². The second-order valence-corrected chi connectivity index (χ2v) is 5.39. The lowest BCUT2D eigenvalue weighted by Gasteiger charge is -2.22. The molecule has 5 heteroatoms. The van der Waals surface area contributed by atoms with Crippen LogP contribution in [0.25, 0.3) is 0 Å². The monoisotopic (exact) mass is 305 g/mol. The fourth-order valence-corrected chi connectivity index (χ4v) is 2.60. The lowest BCUT2D eigenvalue weighted by molar-refractivity contribution is 0.103. The molecule has 0 atom stereocenters. The molecule has 0 spiro atoms. The largest absolute Gasteiger partial charge is 0.317 e. The maximum atomic E-state index is 12.4. The summed E-state index contributed by atoms with van der Waals surface area (Å²) in [6.45, 7) is 4.06. The predicted octanol–water partition coefficient (Wildman–Crippen LogP) is 2.77. The fourth-order valence-electron chi connectivity index (χ4n) is 2.60. The van der Waals surface area contributed by atoms with Crippen molar-refractivity contribution in [2.24, 2.45) is 0 Å². The van der Waals surface area contributed by atoms with E-state index in [0.29, 0.717) is 11.6 Å². The molecule has 1 aromatic heterocycles. The van der Waals surface area contributed by atoms with Gasteiger partial charge < -0.3 is 5.32 Å². The summed E-state index contributed by atoms with van der Waals surface area (Å²) >= 11 is 0. The van der Waals surface area contributed by atoms with Crippen molar-refractivity contribution in [1.29, 1.82) is 0 Å². The van der Waals surface area contributed by atoms with Gasteiger partial charge in [0.2, 0.25) is 0 Å². The maximum absolute atomic E-state index is 12.4. The molecular weight excluding hydrogens is 286 g/mol. The average molecular weight is 306 g/mol. The zero-order valence-electron chi connectivity index (χ0n) is 12.1. The van der Waals surface area contributed by atoms with Crippen LogP contribution in [-0.4, -0.2) is 28.7 Å². The van der Waals surface area contributed by atoms with Crippen LogP contribution in [-0.2, 0) is 0 Å². The number of nitrogens with one attached hydrogen (secondary N) is 1. The fraction of sp³-hybridized carbons (Fsp3) is 0.375. The van der Waals surface area contributed by atoms with Crippen LogP contribution in [0.1, 0.15) is 40.4 Å². The number of halogens is 1. The van der Waals surface area contributed by atoms with Crippen LogP contribution < -0.4 is 5.32 Å². The molecule has 0 unspecified atom stereocenters. The summed E-state index contributed by atoms with van der Waals surface area (Å²) in [4.78, 5) is 12.4. The Morgan fingerprint density at radius 3 is 2.52 bits per heavy atom. The molecule has 0 aliphatic carbocycles. The highest BCUT2D eigenvalue weighted by molar-refractivity contribution is 6.08. The highest BCUT2D eigenvalue weighted by Crippen LogP contribution is 2.19. The van der Waals surface area contributed by atoms with Crippen LogP contribution in [0.4, 0.5) is 0 Å². The molecular formula is C16H20ClN3O. The van der Waals surface area contributed by atoms with Gasteiger partial charge in [-0.15, -0.1) is 12.4 Å². The van der Waals surface area contributed by atoms with Crippen molar-refractivity contribution in [3.05, 3.63) is 53.3 Å². The second kappa shape index (κ2) is 6.87. The first-order chi connectivity index (χ1) is 9.74. The molecule has 0 bridgehead atoms. The van der Waals surface area contributed by atoms with E-state index in [2.05, 4.69) is 10.4 Å². The standard InChI is InChI=1S/C16H19N3O.ClH/c1-12-2-4-13(5-3-12)16(20)14-10-18-19(11-14)15-6-8-17-9-7-15;/h2-5,10-11,15,17H,6-9H2,1H3;1H. The van der Waals surface area contributed by atoms with Gasteiger partial charge in [-0.2, -0.15) is 5.10 Å². The van der Waals surface area contributed by atoms with E-state index in [1.807, 2.05) is 42.1 Å². The highest BCUT2D eigenvalue weighted by Gasteiger charge is 2.18. The highest BCUT2D eigenvalue weighted by atomic mass is 35.5. The number of hydrogen-bond donors (Lipinski definition) is 1. The minimum Gasteiger partial charge on any atom is -0.317 e. The number of nitrogens with zero attached hydrogens (tertiary/aromatic N) is 2. The van der Waals surface area contributed by atoms with Gasteiger partial charge in [0, 0.05) is 11.8 Å². The van der Waals surface area contributed by atoms with E-state index in [9.17, 15) is 4.79 Å². The molecule has 1 N–H and O–H groups in total. The molecule has 112 valence electrons. The minimum atomic E-state index is 0. The molecule has 2 aromatic rings. The average Bonchev–Trinajstić information content (AvgIpc) is 2.98. The topological polar surface area (TPSA) is 46.9 Å². The number of rotatable bonds is 3. The minimum absolute atomic E-state index is 0. The zero-order chi connectivity index (χ0) is 13.9. The summed E-state index contributed by atoms with van der Waals surface area (Å²) in [5.41, 5.74) is 2.56. The number of piperidine rings is 1. The second-order valence-electron chi connectivity index (χ2n) is 5.39. The number of aromatic nitrogens is 2. The van der Waals surface area contributed by atoms with Crippen molar-refractivity contribution in [3.8, 4) is 0 Å². The Morgan fingerprint density at radius 1 is 1.19 bits per heavy atom. The van der Waals surface area contributed by atoms with Gasteiger partial charge in [0.15, 0.2) is 5.78 Å². The predicted molar refractivity (Wildman–Crippen MR) is 85.2 cm³/mol. The van der Waals surface area contributed by atoms with Crippen molar-refractivity contribution < 1.29 is 4.79 Å². The number of ketones is 1. The van der Waals surface area contributed by atoms with Gasteiger partial charge >= 0.3 is 0 Å². The lowest BCUT2D eigenvalue weighted by Crippen LogP contribution is -2.29. The van der Waals surface area contributed by atoms with Gasteiger partial charge in [0.25, 0.3) is 0 Å². The number of hydrogen-bond acceptors (Lipinski definition) is 3. The summed E-state index contributed by atoms with van der Waals surface area (Å²) in [5.74, 6) is 0.0465. The van der Waals surface area contributed by atoms with Crippen LogP contribution in [0.5, 0.6) is 0 Å². The number of carbonyl (C=O) groups excluding carboxylic acids is 1. The first-order valence-electron chi connectivity index (χ1n) is 7.10. The molecule has 1 saturated heterocycles. The molecule has 1 aliphatic rings. The number of aryl methyl sites for hydroxylation is 1. The smallest absolute Gasteiger partial charge is 0.196 e. The molecule has 4 nitrogen and oxygen atoms in total. The van der Waals surface area contributed by atoms with E-state index in [1.165, 1.54) is 0 Å². The summed E-state index contributed by atoms with van der Waals surface area (Å²) < 4.78 is 1.95. The van der Waals surface area contributed by atoms with Crippen molar-refractivity contribution >= 4 is 18.2 Å². The van der Waals surface area contributed by atoms with E-state index in [0.717, 1.165) is 37.1 Å². The Balaban J connectivity index is 0.00000161. The SMILES string of the molecule is Cc1ccc(C(=O)c2cnn(C3CCNCC3)c2)cc1.Cl. The molecule has 1 aromatic carbocycles. The third-order valence-corrected chi connectivity index (χ3v) is 3.86. The first kappa shape index (κ1) is 15.7. The van der Waals surface area contributed by atoms with E-state index in [4.69, 9.17) is 0 Å². The van der Waals surface area contributed by atoms with E-state index < -0.39 is 0 Å². The van der Waals surface area contributed by atoms with Gasteiger partial charge in [-0.25, -0.2) is 0 Å². The van der Waals surface area contributed by atoms with Crippen molar-refractivity contribution in [2.45, 2.75) is 25.8 Å². The molecule has 0 radical (unpaired) electrons. The normalized spacial score (nSPS) is 15.5. The first-order valence-corrected chi connectivity index (χ1v) is 7.10. The number of carbonyl (C=O) groups is 1. The van der Waals surface area contributed by atoms with Crippen molar-refractivity contribution in [3.63, 3.8) is 0 Å². The lowest BCUT2D eigenvalue weighted by atomic mass is 10.0. The zero-order valence-corrected chi connectivity index (χ0v) is 12.9. The molecule has 2 heterocycles. The van der Waals surface area contributed by atoms with Gasteiger partial charge in [-0.05, 0) is 32.9 Å². The summed E-state index contributed by atoms with van der Waals surface area (Å²) in [6.07, 6.45) is 5.71. The molecule has 0 amide bonds. The van der Waals surface area contributed by atoms with Crippen LogP contribution in [0, 0.1) is 6.92 Å². The van der Waals surface area contributed by atoms with E-state index in [-0.39, 0.29) is 18.2 Å². The van der Waals surface area contributed by atoms with Crippen LogP contribution >= 0.6 is 12.4 Å². The summed E-state index contributed by atoms with van der Waals surface area (Å²) in [6, 6.07) is 8.09. The van der Waals surface area contributed by atoms with Crippen LogP contribution in [0.15, 0.2) is 36.7 Å². The van der Waals surface area contributed by atoms with Crippen LogP contribution in [0.2, 0.25) is 0 Å². The maximum Gasteiger partial charge on any atom is 0.196 e. The molecule has 21 heavy (non-hydrogen) atoms. The van der Waals surface area contributed by atoms with Crippen molar-refractivity contribution in [1.82, 2.24) is 15.1 Å². The molecule has 3 rings (SSSR count). The Labute approximate surface area is 131 Å². The third-order valence-electron chi connectivity index (χ3n) is 3.86. The quantitative estimate of drug-likeness (QED) is 0.887. The van der Waals surface area contributed by atoms with Gasteiger partial charge in [-0.1, -0.05) is 29.8 Å². The Morgan fingerprint density at radius 2 is 1.86 bits per heavy atom. The summed E-state index contributed by atoms with van der Waals surface area (Å²) in [5, 5.41) is 7.71. The number of benzene rings is 1. The molecule has 1 fully saturated rings. The Hall–Kier alpha value is -1.65.